The molecule has 0 aromatic heterocycles. The molecule has 2 amide bonds. The Hall–Kier alpha value is -3.64. The van der Waals surface area contributed by atoms with Gasteiger partial charge >= 0.3 is 0 Å². The maximum Gasteiger partial charge on any atom is 0.294 e. The van der Waals surface area contributed by atoms with Crippen LogP contribution in [0, 0.1) is 0 Å². The molecule has 29 heavy (non-hydrogen) atoms. The minimum atomic E-state index is -4.50. The Kier molecular flexibility index (Phi) is 5.39. The number of para-hydroxylation sites is 1. The third kappa shape index (κ3) is 4.12. The van der Waals surface area contributed by atoms with E-state index in [9.17, 15) is 22.6 Å². The number of hydrazone groups is 1. The van der Waals surface area contributed by atoms with E-state index in [-0.39, 0.29) is 17.1 Å². The molecule has 1 unspecified atom stereocenters. The zero-order valence-electron chi connectivity index (χ0n) is 15.0. The number of carbonyl (C=O) groups excluding carboxylic acids is 2. The summed E-state index contributed by atoms with van der Waals surface area (Å²) in [6.07, 6.45) is 0. The Bertz CT molecular complexity index is 1130. The lowest BCUT2D eigenvalue weighted by atomic mass is 10.2. The van der Waals surface area contributed by atoms with Crippen molar-refractivity contribution in [3.8, 4) is 5.75 Å². The van der Waals surface area contributed by atoms with Crippen LogP contribution < -0.4 is 15.5 Å². The summed E-state index contributed by atoms with van der Waals surface area (Å²) in [4.78, 5) is 24.0. The maximum absolute atomic E-state index is 12.7. The van der Waals surface area contributed by atoms with Gasteiger partial charge in [0.2, 0.25) is 6.04 Å². The molecule has 150 valence electrons. The van der Waals surface area contributed by atoms with E-state index < -0.39 is 32.9 Å². The molecule has 0 spiro atoms. The number of nitrogens with two attached hydrogens (primary N) is 1. The predicted molar refractivity (Wildman–Crippen MR) is 102 cm³/mol. The van der Waals surface area contributed by atoms with Crippen LogP contribution in [0.1, 0.15) is 0 Å². The third-order valence-corrected chi connectivity index (χ3v) is 4.74. The molecule has 0 bridgehead atoms. The van der Waals surface area contributed by atoms with E-state index in [1.54, 1.807) is 30.3 Å². The van der Waals surface area contributed by atoms with Crippen LogP contribution in [0.3, 0.4) is 0 Å². The van der Waals surface area contributed by atoms with Crippen LogP contribution in [0.25, 0.3) is 0 Å². The van der Waals surface area contributed by atoms with E-state index in [2.05, 4.69) is 15.3 Å². The van der Waals surface area contributed by atoms with Crippen LogP contribution >= 0.6 is 0 Å². The number of benzene rings is 2. The minimum absolute atomic E-state index is 0.0857. The number of primary amides is 1. The first kappa shape index (κ1) is 20.1. The standard InChI is InChI=1S/C17H15N5O6S/c1-28-13-8-7-11(29(25,26)27)9-12(13)19-20-15-14(16(18)23)21-22(17(15)24)10-5-3-2-4-6-10/h2-9,15H,1H3,(H2,18,23)(H,25,26,27). The summed E-state index contributed by atoms with van der Waals surface area (Å²) in [5, 5.41) is 12.6. The van der Waals surface area contributed by atoms with E-state index in [0.717, 1.165) is 17.1 Å². The molecular formula is C17H15N5O6S. The van der Waals surface area contributed by atoms with Gasteiger partial charge in [-0.25, -0.2) is 0 Å². The lowest BCUT2D eigenvalue weighted by Crippen LogP contribution is -2.35. The van der Waals surface area contributed by atoms with Gasteiger partial charge < -0.3 is 10.5 Å². The number of anilines is 1. The van der Waals surface area contributed by atoms with Crippen molar-refractivity contribution in [1.82, 2.24) is 0 Å². The summed E-state index contributed by atoms with van der Waals surface area (Å²) < 4.78 is 36.9. The molecule has 0 fully saturated rings. The molecule has 12 heteroatoms. The lowest BCUT2D eigenvalue weighted by molar-refractivity contribution is -0.118. The Morgan fingerprint density at radius 3 is 2.52 bits per heavy atom. The molecule has 3 N–H and O–H groups in total. The molecule has 0 saturated carbocycles. The second-order valence-electron chi connectivity index (χ2n) is 5.76. The highest BCUT2D eigenvalue weighted by molar-refractivity contribution is 7.85. The number of azo groups is 1. The smallest absolute Gasteiger partial charge is 0.294 e. The average Bonchev–Trinajstić information content (AvgIpc) is 3.02. The molecule has 1 aliphatic heterocycles. The maximum atomic E-state index is 12.7. The zero-order chi connectivity index (χ0) is 21.2. The van der Waals surface area contributed by atoms with Crippen LogP contribution in [0.4, 0.5) is 11.4 Å². The average molecular weight is 417 g/mol. The summed E-state index contributed by atoms with van der Waals surface area (Å²) in [6, 6.07) is 10.3. The lowest BCUT2D eigenvalue weighted by Gasteiger charge is -2.11. The highest BCUT2D eigenvalue weighted by atomic mass is 32.2. The van der Waals surface area contributed by atoms with E-state index in [1.807, 2.05) is 0 Å². The molecule has 1 heterocycles. The fourth-order valence-corrected chi connectivity index (χ4v) is 3.02. The van der Waals surface area contributed by atoms with Crippen molar-refractivity contribution >= 4 is 39.0 Å². The van der Waals surface area contributed by atoms with E-state index in [0.29, 0.717) is 5.69 Å². The highest BCUT2D eigenvalue weighted by Gasteiger charge is 2.40. The summed E-state index contributed by atoms with van der Waals surface area (Å²) in [6.45, 7) is 0. The number of rotatable bonds is 6. The van der Waals surface area contributed by atoms with Gasteiger partial charge in [0.1, 0.15) is 11.4 Å². The first-order valence-corrected chi connectivity index (χ1v) is 9.50. The molecule has 0 saturated heterocycles. The van der Waals surface area contributed by atoms with E-state index >= 15 is 0 Å². The van der Waals surface area contributed by atoms with Crippen molar-refractivity contribution in [2.45, 2.75) is 10.9 Å². The van der Waals surface area contributed by atoms with Gasteiger partial charge in [0.05, 0.1) is 17.7 Å². The highest BCUT2D eigenvalue weighted by Crippen LogP contribution is 2.31. The molecule has 0 radical (unpaired) electrons. The number of amides is 2. The topological polar surface area (TPSA) is 164 Å². The number of methoxy groups -OCH3 is 1. The number of hydrogen-bond donors (Lipinski definition) is 2. The first-order chi connectivity index (χ1) is 13.7. The number of ether oxygens (including phenoxy) is 1. The van der Waals surface area contributed by atoms with Gasteiger partial charge in [0.25, 0.3) is 21.9 Å². The second-order valence-corrected chi connectivity index (χ2v) is 7.18. The van der Waals surface area contributed by atoms with Crippen molar-refractivity contribution in [2.75, 3.05) is 12.1 Å². The zero-order valence-corrected chi connectivity index (χ0v) is 15.8. The van der Waals surface area contributed by atoms with Crippen molar-refractivity contribution in [1.29, 1.82) is 0 Å². The van der Waals surface area contributed by atoms with Gasteiger partial charge in [-0.3, -0.25) is 14.1 Å². The molecule has 3 rings (SSSR count). The van der Waals surface area contributed by atoms with Gasteiger partial charge in [-0.15, -0.1) is 0 Å². The molecule has 0 aliphatic carbocycles. The van der Waals surface area contributed by atoms with Crippen molar-refractivity contribution < 1.29 is 27.3 Å². The third-order valence-electron chi connectivity index (χ3n) is 3.89. The predicted octanol–water partition coefficient (Wildman–Crippen LogP) is 1.28. The minimum Gasteiger partial charge on any atom is -0.494 e. The van der Waals surface area contributed by atoms with Crippen LogP contribution in [0.15, 0.2) is 68.8 Å². The Morgan fingerprint density at radius 1 is 1.24 bits per heavy atom. The largest absolute Gasteiger partial charge is 0.494 e. The van der Waals surface area contributed by atoms with Crippen molar-refractivity contribution in [3.05, 3.63) is 48.5 Å². The summed E-state index contributed by atoms with van der Waals surface area (Å²) in [7, 11) is -3.18. The molecule has 2 aromatic carbocycles. The fourth-order valence-electron chi connectivity index (χ4n) is 2.52. The number of carbonyl (C=O) groups is 2. The van der Waals surface area contributed by atoms with Crippen LogP contribution in [0.2, 0.25) is 0 Å². The van der Waals surface area contributed by atoms with Crippen LogP contribution in [0.5, 0.6) is 5.75 Å². The Balaban J connectivity index is 1.99. The monoisotopic (exact) mass is 417 g/mol. The van der Waals surface area contributed by atoms with E-state index in [1.165, 1.54) is 13.2 Å². The summed E-state index contributed by atoms with van der Waals surface area (Å²) >= 11 is 0. The van der Waals surface area contributed by atoms with Crippen molar-refractivity contribution in [3.63, 3.8) is 0 Å². The quantitative estimate of drug-likeness (QED) is 0.531. The fraction of sp³-hybridized carbons (Fsp3) is 0.118. The first-order valence-electron chi connectivity index (χ1n) is 8.06. The molecule has 1 aliphatic rings. The number of nitrogens with zero attached hydrogens (tertiary/aromatic N) is 4. The van der Waals surface area contributed by atoms with E-state index in [4.69, 9.17) is 10.5 Å². The Morgan fingerprint density at radius 2 is 1.93 bits per heavy atom. The second kappa shape index (κ2) is 7.77. The molecular weight excluding hydrogens is 402 g/mol. The SMILES string of the molecule is COc1ccc(S(=O)(=O)O)cc1N=NC1C(=O)N(c2ccccc2)N=C1C(N)=O. The van der Waals surface area contributed by atoms with Crippen LogP contribution in [-0.2, 0) is 19.7 Å². The molecule has 2 aromatic rings. The summed E-state index contributed by atoms with van der Waals surface area (Å²) in [5.41, 5.74) is 5.30. The summed E-state index contributed by atoms with van der Waals surface area (Å²) in [5.74, 6) is -1.50. The van der Waals surface area contributed by atoms with Crippen LogP contribution in [-0.4, -0.2) is 43.6 Å². The van der Waals surface area contributed by atoms with Gasteiger partial charge in [-0.1, -0.05) is 18.2 Å². The van der Waals surface area contributed by atoms with Gasteiger partial charge in [0.15, 0.2) is 5.71 Å². The normalized spacial score (nSPS) is 16.9. The molecule has 11 nitrogen and oxygen atoms in total. The Labute approximate surface area is 165 Å². The van der Waals surface area contributed by atoms with Gasteiger partial charge in [-0.2, -0.15) is 28.8 Å². The molecule has 1 atom stereocenters. The van der Waals surface area contributed by atoms with Crippen molar-refractivity contribution in [2.24, 2.45) is 21.1 Å². The number of hydrogen-bond acceptors (Lipinski definition) is 8. The van der Waals surface area contributed by atoms with Gasteiger partial charge in [0, 0.05) is 0 Å². The van der Waals surface area contributed by atoms with Gasteiger partial charge in [-0.05, 0) is 30.3 Å².